The van der Waals surface area contributed by atoms with E-state index >= 15 is 0 Å². The summed E-state index contributed by atoms with van der Waals surface area (Å²) in [7, 11) is 0.699. The number of anilines is 2. The molecule has 44 heavy (non-hydrogen) atoms. The molecule has 0 atom stereocenters. The van der Waals surface area contributed by atoms with Gasteiger partial charge in [0.2, 0.25) is 0 Å². The van der Waals surface area contributed by atoms with Crippen molar-refractivity contribution in [2.24, 2.45) is 0 Å². The molecule has 4 amide bonds. The number of carbonyl (C=O) groups is 3. The van der Waals surface area contributed by atoms with E-state index in [0.717, 1.165) is 17.0 Å². The van der Waals surface area contributed by atoms with Crippen molar-refractivity contribution >= 4 is 49.9 Å². The highest BCUT2D eigenvalue weighted by atomic mass is 32.2. The predicted molar refractivity (Wildman–Crippen MR) is 172 cm³/mol. The average Bonchev–Trinajstić information content (AvgIpc) is 3.38. The molecule has 12 heteroatoms. The lowest BCUT2D eigenvalue weighted by molar-refractivity contribution is 0.0956. The average molecular weight is 632 g/mol. The van der Waals surface area contributed by atoms with Gasteiger partial charge in [-0.05, 0) is 53.9 Å². The van der Waals surface area contributed by atoms with Crippen molar-refractivity contribution in [1.29, 1.82) is 0 Å². The molecule has 1 aromatic heterocycles. The zero-order valence-corrected chi connectivity index (χ0v) is 26.2. The van der Waals surface area contributed by atoms with E-state index in [1.165, 1.54) is 71.5 Å². The summed E-state index contributed by atoms with van der Waals surface area (Å²) in [5.41, 5.74) is 2.99. The molecule has 0 saturated heterocycles. The van der Waals surface area contributed by atoms with Crippen LogP contribution < -0.4 is 14.9 Å². The van der Waals surface area contributed by atoms with E-state index in [1.807, 2.05) is 18.2 Å². The monoisotopic (exact) mass is 631 g/mol. The number of amides is 4. The number of carbonyl (C=O) groups excluding carboxylic acids is 3. The summed E-state index contributed by atoms with van der Waals surface area (Å²) >= 11 is 1.31. The van der Waals surface area contributed by atoms with Gasteiger partial charge in [0, 0.05) is 51.2 Å². The molecule has 1 aliphatic heterocycles. The third-order valence-corrected chi connectivity index (χ3v) is 10.3. The normalized spacial score (nSPS) is 13.1. The van der Waals surface area contributed by atoms with Crippen LogP contribution in [0.3, 0.4) is 0 Å². The molecule has 0 unspecified atom stereocenters. The van der Waals surface area contributed by atoms with E-state index in [4.69, 9.17) is 0 Å². The van der Waals surface area contributed by atoms with Gasteiger partial charge >= 0.3 is 6.03 Å². The molecule has 3 aromatic carbocycles. The first-order valence-electron chi connectivity index (χ1n) is 13.9. The first-order valence-corrected chi connectivity index (χ1v) is 16.2. The number of thiophene rings is 1. The first kappa shape index (κ1) is 30.9. The molecule has 0 radical (unpaired) electrons. The highest BCUT2D eigenvalue weighted by Crippen LogP contribution is 2.38. The van der Waals surface area contributed by atoms with Gasteiger partial charge in [-0.15, -0.1) is 11.3 Å². The van der Waals surface area contributed by atoms with Crippen molar-refractivity contribution in [2.45, 2.75) is 24.4 Å². The summed E-state index contributed by atoms with van der Waals surface area (Å²) in [6.07, 6.45) is 0.578. The fraction of sp³-hybridized carbons (Fsp3) is 0.219. The molecule has 0 spiro atoms. The Kier molecular flexibility index (Phi) is 9.14. The van der Waals surface area contributed by atoms with Gasteiger partial charge in [0.15, 0.2) is 0 Å². The van der Waals surface area contributed by atoms with Gasteiger partial charge in [-0.2, -0.15) is 0 Å². The van der Waals surface area contributed by atoms with Gasteiger partial charge in [0.1, 0.15) is 5.00 Å². The maximum atomic E-state index is 13.4. The summed E-state index contributed by atoms with van der Waals surface area (Å²) in [6, 6.07) is 23.9. The molecule has 5 rings (SSSR count). The third-order valence-electron chi connectivity index (χ3n) is 7.36. The molecule has 228 valence electrons. The van der Waals surface area contributed by atoms with E-state index in [2.05, 4.69) is 27.7 Å². The quantitative estimate of drug-likeness (QED) is 0.289. The third kappa shape index (κ3) is 6.67. The summed E-state index contributed by atoms with van der Waals surface area (Å²) < 4.78 is 27.5. The van der Waals surface area contributed by atoms with E-state index in [-0.39, 0.29) is 16.0 Å². The molecule has 4 aromatic rings. The molecule has 0 bridgehead atoms. The molecular formula is C32H33N5O5S2. The molecular weight excluding hydrogens is 599 g/mol. The Balaban J connectivity index is 1.38. The van der Waals surface area contributed by atoms with Gasteiger partial charge in [-0.25, -0.2) is 13.2 Å². The minimum atomic E-state index is -3.85. The molecule has 2 N–H and O–H groups in total. The second-order valence-electron chi connectivity index (χ2n) is 10.6. The van der Waals surface area contributed by atoms with Crippen molar-refractivity contribution in [2.75, 3.05) is 37.3 Å². The van der Waals surface area contributed by atoms with Crippen molar-refractivity contribution in [3.63, 3.8) is 0 Å². The van der Waals surface area contributed by atoms with Crippen LogP contribution in [0.15, 0.2) is 89.8 Å². The number of nitrogens with zero attached hydrogens (tertiary/aromatic N) is 3. The number of urea groups is 1. The highest BCUT2D eigenvalue weighted by molar-refractivity contribution is 7.92. The molecule has 0 aliphatic carbocycles. The fourth-order valence-corrected chi connectivity index (χ4v) is 7.40. The molecule has 2 heterocycles. The zero-order chi connectivity index (χ0) is 31.4. The standard InChI is InChI=1S/C32H33N5O5S2/c1-35(2)32(40)34-30(39)28-26-18-19-37(20-22-10-6-4-7-11-22)21-27(26)43-31(28)33-29(38)23-14-16-25(17-15-23)44(41,42)36(3)24-12-8-5-9-13-24/h4-17H,18-21H2,1-3H3,(H,33,38)(H,34,39,40). The number of rotatable bonds is 8. The van der Waals surface area contributed by atoms with Crippen LogP contribution in [0, 0.1) is 0 Å². The van der Waals surface area contributed by atoms with Crippen LogP contribution in [0.25, 0.3) is 0 Å². The maximum absolute atomic E-state index is 13.4. The number of hydrogen-bond acceptors (Lipinski definition) is 7. The fourth-order valence-electron chi connectivity index (χ4n) is 4.92. The van der Waals surface area contributed by atoms with E-state index in [0.29, 0.717) is 30.2 Å². The Morgan fingerprint density at radius 1 is 0.864 bits per heavy atom. The van der Waals surface area contributed by atoms with Gasteiger partial charge in [0.25, 0.3) is 21.8 Å². The largest absolute Gasteiger partial charge is 0.331 e. The van der Waals surface area contributed by atoms with Crippen LogP contribution in [-0.2, 0) is 29.5 Å². The highest BCUT2D eigenvalue weighted by Gasteiger charge is 2.30. The summed E-state index contributed by atoms with van der Waals surface area (Å²) in [4.78, 5) is 43.6. The number of fused-ring (bicyclic) bond motifs is 1. The topological polar surface area (TPSA) is 119 Å². The Morgan fingerprint density at radius 3 is 2.14 bits per heavy atom. The minimum Gasteiger partial charge on any atom is -0.331 e. The number of nitrogens with one attached hydrogen (secondary N) is 2. The van der Waals surface area contributed by atoms with Crippen LogP contribution >= 0.6 is 11.3 Å². The Hall–Kier alpha value is -4.52. The van der Waals surface area contributed by atoms with E-state index in [9.17, 15) is 22.8 Å². The minimum absolute atomic E-state index is 0.0350. The summed E-state index contributed by atoms with van der Waals surface area (Å²) in [5.74, 6) is -1.09. The molecule has 10 nitrogen and oxygen atoms in total. The van der Waals surface area contributed by atoms with Crippen molar-refractivity contribution in [1.82, 2.24) is 15.1 Å². The summed E-state index contributed by atoms with van der Waals surface area (Å²) in [5, 5.41) is 5.60. The van der Waals surface area contributed by atoms with Crippen LogP contribution in [-0.4, -0.2) is 63.8 Å². The van der Waals surface area contributed by atoms with Crippen molar-refractivity contribution in [3.8, 4) is 0 Å². The Bertz CT molecular complexity index is 1770. The molecule has 0 fully saturated rings. The van der Waals surface area contributed by atoms with Crippen LogP contribution in [0.5, 0.6) is 0 Å². The first-order chi connectivity index (χ1) is 21.0. The second-order valence-corrected chi connectivity index (χ2v) is 13.7. The predicted octanol–water partition coefficient (Wildman–Crippen LogP) is 4.80. The number of hydrogen-bond donors (Lipinski definition) is 2. The number of benzene rings is 3. The zero-order valence-electron chi connectivity index (χ0n) is 24.6. The Labute approximate surface area is 261 Å². The lowest BCUT2D eigenvalue weighted by Crippen LogP contribution is -2.39. The van der Waals surface area contributed by atoms with Gasteiger partial charge in [-0.3, -0.25) is 24.1 Å². The molecule has 1 aliphatic rings. The lowest BCUT2D eigenvalue weighted by atomic mass is 10.0. The SMILES string of the molecule is CN(C)C(=O)NC(=O)c1c(NC(=O)c2ccc(S(=O)(=O)N(C)c3ccccc3)cc2)sc2c1CCN(Cc1ccccc1)C2. The smallest absolute Gasteiger partial charge is 0.323 e. The van der Waals surface area contributed by atoms with Crippen LogP contribution in [0.4, 0.5) is 15.5 Å². The van der Waals surface area contributed by atoms with E-state index < -0.39 is 27.9 Å². The summed E-state index contributed by atoms with van der Waals surface area (Å²) in [6.45, 7) is 2.05. The van der Waals surface area contributed by atoms with Crippen LogP contribution in [0.1, 0.15) is 36.7 Å². The van der Waals surface area contributed by atoms with Crippen molar-refractivity contribution < 1.29 is 22.8 Å². The van der Waals surface area contributed by atoms with E-state index in [1.54, 1.807) is 30.3 Å². The van der Waals surface area contributed by atoms with Gasteiger partial charge < -0.3 is 10.2 Å². The number of sulfonamides is 1. The second kappa shape index (κ2) is 13.0. The van der Waals surface area contributed by atoms with Crippen molar-refractivity contribution in [3.05, 3.63) is 112 Å². The number of para-hydroxylation sites is 1. The molecule has 0 saturated carbocycles. The number of imide groups is 1. The Morgan fingerprint density at radius 2 is 1.50 bits per heavy atom. The maximum Gasteiger partial charge on any atom is 0.323 e. The van der Waals surface area contributed by atoms with Crippen LogP contribution in [0.2, 0.25) is 0 Å². The van der Waals surface area contributed by atoms with Gasteiger partial charge in [-0.1, -0.05) is 48.5 Å². The lowest BCUT2D eigenvalue weighted by Gasteiger charge is -2.27. The van der Waals surface area contributed by atoms with Gasteiger partial charge in [0.05, 0.1) is 16.1 Å².